The van der Waals surface area contributed by atoms with Crippen LogP contribution >= 0.6 is 15.9 Å². The van der Waals surface area contributed by atoms with Gasteiger partial charge in [-0.3, -0.25) is 0 Å². The zero-order valence-corrected chi connectivity index (χ0v) is 10.3. The molecule has 2 aromatic rings. The van der Waals surface area contributed by atoms with E-state index in [-0.39, 0.29) is 0 Å². The molecule has 4 nitrogen and oxygen atoms in total. The second kappa shape index (κ2) is 4.69. The van der Waals surface area contributed by atoms with E-state index in [1.807, 2.05) is 13.1 Å². The number of halogens is 2. The molecule has 0 radical (unpaired) electrons. The van der Waals surface area contributed by atoms with Crippen LogP contribution in [0.3, 0.4) is 0 Å². The lowest BCUT2D eigenvalue weighted by Gasteiger charge is -2.02. The first kappa shape index (κ1) is 11.2. The zero-order valence-electron chi connectivity index (χ0n) is 8.69. The molecule has 16 heavy (non-hydrogen) atoms. The van der Waals surface area contributed by atoms with Gasteiger partial charge in [0.1, 0.15) is 4.60 Å². The maximum atomic E-state index is 12.8. The third-order valence-electron chi connectivity index (χ3n) is 2.17. The molecule has 2 heterocycles. The van der Waals surface area contributed by atoms with Crippen LogP contribution in [-0.2, 0) is 13.0 Å². The van der Waals surface area contributed by atoms with Crippen molar-refractivity contribution in [2.24, 2.45) is 0 Å². The molecule has 0 N–H and O–H groups in total. The quantitative estimate of drug-likeness (QED) is 0.812. The highest BCUT2D eigenvalue weighted by atomic mass is 79.9. The summed E-state index contributed by atoms with van der Waals surface area (Å²) < 4.78 is 15.0. The van der Waals surface area contributed by atoms with E-state index in [1.165, 1.54) is 6.07 Å². The van der Waals surface area contributed by atoms with Crippen molar-refractivity contribution in [1.82, 2.24) is 20.0 Å². The van der Waals surface area contributed by atoms with E-state index in [4.69, 9.17) is 0 Å². The number of pyridine rings is 1. The van der Waals surface area contributed by atoms with Gasteiger partial charge in [-0.25, -0.2) is 9.67 Å². The Balaban J connectivity index is 2.20. The minimum absolute atomic E-state index is 0.497. The first-order valence-corrected chi connectivity index (χ1v) is 5.68. The average molecular weight is 285 g/mol. The van der Waals surface area contributed by atoms with Crippen molar-refractivity contribution in [2.75, 3.05) is 0 Å². The summed E-state index contributed by atoms with van der Waals surface area (Å²) in [5.74, 6) is -0.497. The van der Waals surface area contributed by atoms with Gasteiger partial charge in [0.25, 0.3) is 0 Å². The highest BCUT2D eigenvalue weighted by Gasteiger charge is 2.05. The zero-order chi connectivity index (χ0) is 11.5. The third kappa shape index (κ3) is 2.44. The standard InChI is InChI=1S/C10H10BrFN4/c1-2-8-6-16(15-14-8)5-7-3-4-9(12)13-10(7)11/h3-4,6H,2,5H2,1H3. The summed E-state index contributed by atoms with van der Waals surface area (Å²) >= 11 is 3.22. The number of nitrogens with zero attached hydrogens (tertiary/aromatic N) is 4. The van der Waals surface area contributed by atoms with Gasteiger partial charge >= 0.3 is 0 Å². The largest absolute Gasteiger partial charge is 0.248 e. The predicted octanol–water partition coefficient (Wildman–Crippen LogP) is 2.19. The molecule has 0 unspecified atom stereocenters. The lowest BCUT2D eigenvalue weighted by Crippen LogP contribution is -2.02. The summed E-state index contributed by atoms with van der Waals surface area (Å²) in [5, 5.41) is 7.95. The van der Waals surface area contributed by atoms with Gasteiger partial charge in [-0.05, 0) is 34.5 Å². The number of aryl methyl sites for hydroxylation is 1. The van der Waals surface area contributed by atoms with Gasteiger partial charge in [-0.1, -0.05) is 12.1 Å². The van der Waals surface area contributed by atoms with E-state index >= 15 is 0 Å². The molecule has 0 fully saturated rings. The fraction of sp³-hybridized carbons (Fsp3) is 0.300. The molecule has 0 spiro atoms. The van der Waals surface area contributed by atoms with Crippen LogP contribution in [0.25, 0.3) is 0 Å². The summed E-state index contributed by atoms with van der Waals surface area (Å²) in [6.07, 6.45) is 2.72. The van der Waals surface area contributed by atoms with Crippen molar-refractivity contribution in [3.8, 4) is 0 Å². The van der Waals surface area contributed by atoms with Crippen LogP contribution in [0.5, 0.6) is 0 Å². The summed E-state index contributed by atoms with van der Waals surface area (Å²) in [7, 11) is 0. The van der Waals surface area contributed by atoms with Gasteiger partial charge in [0.05, 0.1) is 12.2 Å². The Morgan fingerprint density at radius 3 is 2.88 bits per heavy atom. The van der Waals surface area contributed by atoms with Gasteiger partial charge in [-0.15, -0.1) is 5.10 Å². The van der Waals surface area contributed by atoms with Gasteiger partial charge in [0.15, 0.2) is 0 Å². The predicted molar refractivity (Wildman–Crippen MR) is 60.4 cm³/mol. The summed E-state index contributed by atoms with van der Waals surface area (Å²) in [6.45, 7) is 2.55. The Morgan fingerprint density at radius 1 is 1.44 bits per heavy atom. The van der Waals surface area contributed by atoms with Crippen LogP contribution in [0.2, 0.25) is 0 Å². The molecule has 0 aliphatic heterocycles. The van der Waals surface area contributed by atoms with E-state index in [1.54, 1.807) is 10.7 Å². The van der Waals surface area contributed by atoms with Crippen molar-refractivity contribution in [3.05, 3.63) is 40.1 Å². The Kier molecular flexibility index (Phi) is 3.28. The third-order valence-corrected chi connectivity index (χ3v) is 2.86. The molecule has 0 saturated carbocycles. The molecule has 84 valence electrons. The molecule has 0 aromatic carbocycles. The maximum Gasteiger partial charge on any atom is 0.213 e. The van der Waals surface area contributed by atoms with Gasteiger partial charge in [0.2, 0.25) is 5.95 Å². The summed E-state index contributed by atoms with van der Waals surface area (Å²) in [5.41, 5.74) is 1.81. The van der Waals surface area contributed by atoms with Crippen LogP contribution in [-0.4, -0.2) is 20.0 Å². The lowest BCUT2D eigenvalue weighted by atomic mass is 10.3. The normalized spacial score (nSPS) is 10.7. The SMILES string of the molecule is CCc1cn(Cc2ccc(F)nc2Br)nn1. The van der Waals surface area contributed by atoms with Crippen LogP contribution < -0.4 is 0 Å². The maximum absolute atomic E-state index is 12.8. The molecular weight excluding hydrogens is 275 g/mol. The summed E-state index contributed by atoms with van der Waals surface area (Å²) in [4.78, 5) is 3.69. The second-order valence-corrected chi connectivity index (χ2v) is 4.10. The smallest absolute Gasteiger partial charge is 0.213 e. The Hall–Kier alpha value is -1.30. The highest BCUT2D eigenvalue weighted by Crippen LogP contribution is 2.15. The number of hydrogen-bond acceptors (Lipinski definition) is 3. The monoisotopic (exact) mass is 284 g/mol. The van der Waals surface area contributed by atoms with E-state index < -0.39 is 5.95 Å². The molecule has 0 atom stereocenters. The molecule has 0 amide bonds. The fourth-order valence-corrected chi connectivity index (χ4v) is 1.74. The molecule has 0 saturated heterocycles. The second-order valence-electron chi connectivity index (χ2n) is 3.34. The van der Waals surface area contributed by atoms with Crippen LogP contribution in [0.4, 0.5) is 4.39 Å². The molecular formula is C10H10BrFN4. The molecule has 2 rings (SSSR count). The van der Waals surface area contributed by atoms with Gasteiger partial charge in [-0.2, -0.15) is 4.39 Å². The average Bonchev–Trinajstić information content (AvgIpc) is 2.70. The Labute approximate surface area is 101 Å². The number of hydrogen-bond donors (Lipinski definition) is 0. The topological polar surface area (TPSA) is 43.6 Å². The Morgan fingerprint density at radius 2 is 2.25 bits per heavy atom. The summed E-state index contributed by atoms with van der Waals surface area (Å²) in [6, 6.07) is 3.01. The van der Waals surface area contributed by atoms with E-state index in [9.17, 15) is 4.39 Å². The number of rotatable bonds is 3. The van der Waals surface area contributed by atoms with Crippen molar-refractivity contribution in [3.63, 3.8) is 0 Å². The van der Waals surface area contributed by atoms with E-state index in [0.717, 1.165) is 17.7 Å². The first-order valence-electron chi connectivity index (χ1n) is 4.89. The van der Waals surface area contributed by atoms with Crippen LogP contribution in [0.1, 0.15) is 18.2 Å². The minimum Gasteiger partial charge on any atom is -0.248 e. The molecule has 0 aliphatic carbocycles. The molecule has 0 aliphatic rings. The van der Waals surface area contributed by atoms with E-state index in [0.29, 0.717) is 11.1 Å². The fourth-order valence-electron chi connectivity index (χ4n) is 1.31. The highest BCUT2D eigenvalue weighted by molar-refractivity contribution is 9.10. The molecule has 0 bridgehead atoms. The molecule has 6 heteroatoms. The molecule has 2 aromatic heterocycles. The van der Waals surface area contributed by atoms with Crippen molar-refractivity contribution >= 4 is 15.9 Å². The van der Waals surface area contributed by atoms with Crippen molar-refractivity contribution in [2.45, 2.75) is 19.9 Å². The lowest BCUT2D eigenvalue weighted by molar-refractivity contribution is 0.574. The van der Waals surface area contributed by atoms with Crippen LogP contribution in [0, 0.1) is 5.95 Å². The van der Waals surface area contributed by atoms with Crippen molar-refractivity contribution in [1.29, 1.82) is 0 Å². The van der Waals surface area contributed by atoms with Crippen LogP contribution in [0.15, 0.2) is 22.9 Å². The first-order chi connectivity index (χ1) is 7.69. The van der Waals surface area contributed by atoms with Crippen molar-refractivity contribution < 1.29 is 4.39 Å². The minimum atomic E-state index is -0.497. The Bertz CT molecular complexity index is 497. The van der Waals surface area contributed by atoms with E-state index in [2.05, 4.69) is 31.2 Å². The van der Waals surface area contributed by atoms with Gasteiger partial charge in [0, 0.05) is 11.8 Å². The van der Waals surface area contributed by atoms with Gasteiger partial charge < -0.3 is 0 Å². The number of aromatic nitrogens is 4.